The van der Waals surface area contributed by atoms with Gasteiger partial charge in [-0.3, -0.25) is 4.79 Å². The van der Waals surface area contributed by atoms with Gasteiger partial charge in [-0.25, -0.2) is 9.59 Å². The minimum Gasteiger partial charge on any atom is -0.459 e. The smallest absolute Gasteiger partial charge is 0.408 e. The van der Waals surface area contributed by atoms with Crippen molar-refractivity contribution in [2.45, 2.75) is 65.8 Å². The van der Waals surface area contributed by atoms with Gasteiger partial charge in [0.25, 0.3) is 0 Å². The van der Waals surface area contributed by atoms with Crippen LogP contribution in [0.1, 0.15) is 47.1 Å². The molecule has 1 rings (SSSR count). The van der Waals surface area contributed by atoms with E-state index < -0.39 is 35.7 Å². The predicted molar refractivity (Wildman–Crippen MR) is 102 cm³/mol. The van der Waals surface area contributed by atoms with Crippen LogP contribution in [0, 0.1) is 5.92 Å². The second-order valence-corrected chi connectivity index (χ2v) is 7.69. The molecule has 27 heavy (non-hydrogen) atoms. The molecule has 2 N–H and O–H groups in total. The Morgan fingerprint density at radius 1 is 1.00 bits per heavy atom. The largest absolute Gasteiger partial charge is 0.459 e. The van der Waals surface area contributed by atoms with Gasteiger partial charge in [-0.15, -0.1) is 0 Å². The molecule has 2 unspecified atom stereocenters. The lowest BCUT2D eigenvalue weighted by Crippen LogP contribution is -2.53. The molecule has 0 radical (unpaired) electrons. The van der Waals surface area contributed by atoms with Crippen molar-refractivity contribution in [1.82, 2.24) is 10.6 Å². The van der Waals surface area contributed by atoms with Crippen molar-refractivity contribution < 1.29 is 23.9 Å². The molecule has 0 heterocycles. The highest BCUT2D eigenvalue weighted by Crippen LogP contribution is 2.09. The second kappa shape index (κ2) is 9.94. The molecule has 0 aromatic heterocycles. The van der Waals surface area contributed by atoms with Crippen molar-refractivity contribution >= 4 is 18.0 Å². The van der Waals surface area contributed by atoms with Crippen LogP contribution in [0.25, 0.3) is 0 Å². The lowest BCUT2D eigenvalue weighted by molar-refractivity contribution is -0.150. The normalized spacial score (nSPS) is 13.4. The molecular weight excluding hydrogens is 348 g/mol. The monoisotopic (exact) mass is 378 g/mol. The lowest BCUT2D eigenvalue weighted by Gasteiger charge is -2.24. The number of ether oxygens (including phenoxy) is 2. The minimum atomic E-state index is -0.858. The summed E-state index contributed by atoms with van der Waals surface area (Å²) >= 11 is 0. The summed E-state index contributed by atoms with van der Waals surface area (Å²) in [5, 5.41) is 5.09. The van der Waals surface area contributed by atoms with Crippen LogP contribution in [0.3, 0.4) is 0 Å². The fourth-order valence-corrected chi connectivity index (χ4v) is 2.14. The van der Waals surface area contributed by atoms with E-state index in [0.29, 0.717) is 0 Å². The second-order valence-electron chi connectivity index (χ2n) is 7.69. The van der Waals surface area contributed by atoms with E-state index in [4.69, 9.17) is 9.47 Å². The van der Waals surface area contributed by atoms with Gasteiger partial charge in [-0.05, 0) is 39.2 Å². The molecule has 0 aliphatic carbocycles. The third kappa shape index (κ3) is 8.57. The van der Waals surface area contributed by atoms with E-state index in [0.717, 1.165) is 5.56 Å². The van der Waals surface area contributed by atoms with Crippen molar-refractivity contribution in [2.75, 3.05) is 0 Å². The molecule has 7 nitrogen and oxygen atoms in total. The van der Waals surface area contributed by atoms with Crippen molar-refractivity contribution in [1.29, 1.82) is 0 Å². The maximum absolute atomic E-state index is 12.4. The number of rotatable bonds is 7. The summed E-state index contributed by atoms with van der Waals surface area (Å²) in [5.41, 5.74) is 0.196. The van der Waals surface area contributed by atoms with Crippen LogP contribution in [0.15, 0.2) is 30.3 Å². The van der Waals surface area contributed by atoms with Gasteiger partial charge in [0, 0.05) is 0 Å². The average Bonchev–Trinajstić information content (AvgIpc) is 2.56. The van der Waals surface area contributed by atoms with E-state index in [1.165, 1.54) is 6.92 Å². The number of hydrogen-bond donors (Lipinski definition) is 2. The first kappa shape index (κ1) is 22.5. The molecule has 0 saturated carbocycles. The Bertz CT molecular complexity index is 638. The SMILES string of the molecule is CC(NC(=O)OC(C)(C)C)C(=O)NC(C(=O)OCc1ccccc1)C(C)C. The average molecular weight is 378 g/mol. The van der Waals surface area contributed by atoms with Crippen molar-refractivity contribution in [2.24, 2.45) is 5.92 Å². The number of amides is 2. The molecule has 1 aromatic carbocycles. The number of esters is 1. The van der Waals surface area contributed by atoms with Crippen molar-refractivity contribution in [3.63, 3.8) is 0 Å². The summed E-state index contributed by atoms with van der Waals surface area (Å²) in [4.78, 5) is 36.5. The Labute approximate surface area is 160 Å². The van der Waals surface area contributed by atoms with Gasteiger partial charge in [-0.1, -0.05) is 44.2 Å². The third-order valence-electron chi connectivity index (χ3n) is 3.57. The quantitative estimate of drug-likeness (QED) is 0.712. The molecule has 0 aliphatic rings. The van der Waals surface area contributed by atoms with Gasteiger partial charge in [0.15, 0.2) is 0 Å². The van der Waals surface area contributed by atoms with E-state index >= 15 is 0 Å². The molecule has 150 valence electrons. The highest BCUT2D eigenvalue weighted by atomic mass is 16.6. The number of hydrogen-bond acceptors (Lipinski definition) is 5. The highest BCUT2D eigenvalue weighted by Gasteiger charge is 2.29. The zero-order valence-electron chi connectivity index (χ0n) is 16.9. The fourth-order valence-electron chi connectivity index (χ4n) is 2.14. The number of alkyl carbamates (subject to hydrolysis) is 1. The number of nitrogens with one attached hydrogen (secondary N) is 2. The lowest BCUT2D eigenvalue weighted by atomic mass is 10.0. The zero-order valence-corrected chi connectivity index (χ0v) is 16.9. The van der Waals surface area contributed by atoms with Crippen LogP contribution in [-0.2, 0) is 25.7 Å². The van der Waals surface area contributed by atoms with Gasteiger partial charge in [-0.2, -0.15) is 0 Å². The summed E-state index contributed by atoms with van der Waals surface area (Å²) in [5.74, 6) is -1.19. The predicted octanol–water partition coefficient (Wildman–Crippen LogP) is 2.78. The summed E-state index contributed by atoms with van der Waals surface area (Å²) in [6.45, 7) is 10.5. The maximum Gasteiger partial charge on any atom is 0.408 e. The van der Waals surface area contributed by atoms with Crippen molar-refractivity contribution in [3.8, 4) is 0 Å². The Hall–Kier alpha value is -2.57. The van der Waals surface area contributed by atoms with Gasteiger partial charge in [0.05, 0.1) is 0 Å². The molecule has 0 saturated heterocycles. The van der Waals surface area contributed by atoms with Gasteiger partial charge < -0.3 is 20.1 Å². The molecule has 0 spiro atoms. The third-order valence-corrected chi connectivity index (χ3v) is 3.57. The van der Waals surface area contributed by atoms with E-state index in [1.807, 2.05) is 30.3 Å². The Balaban J connectivity index is 2.60. The highest BCUT2D eigenvalue weighted by molar-refractivity contribution is 5.89. The van der Waals surface area contributed by atoms with Crippen LogP contribution < -0.4 is 10.6 Å². The Morgan fingerprint density at radius 3 is 2.11 bits per heavy atom. The standard InChI is InChI=1S/C20H30N2O5/c1-13(2)16(18(24)26-12-15-10-8-7-9-11-15)22-17(23)14(3)21-19(25)27-20(4,5)6/h7-11,13-14,16H,12H2,1-6H3,(H,21,25)(H,22,23). The molecule has 1 aromatic rings. The number of benzene rings is 1. The number of carbonyl (C=O) groups excluding carboxylic acids is 3. The molecule has 2 amide bonds. The van der Waals surface area contributed by atoms with Gasteiger partial charge in [0.1, 0.15) is 24.3 Å². The molecular formula is C20H30N2O5. The van der Waals surface area contributed by atoms with Crippen LogP contribution in [0.2, 0.25) is 0 Å². The van der Waals surface area contributed by atoms with E-state index in [-0.39, 0.29) is 12.5 Å². The molecule has 7 heteroatoms. The van der Waals surface area contributed by atoms with E-state index in [9.17, 15) is 14.4 Å². The zero-order chi connectivity index (χ0) is 20.6. The molecule has 2 atom stereocenters. The Kier molecular flexibility index (Phi) is 8.28. The summed E-state index contributed by atoms with van der Waals surface area (Å²) in [6.07, 6.45) is -0.696. The summed E-state index contributed by atoms with van der Waals surface area (Å²) < 4.78 is 10.4. The fraction of sp³-hybridized carbons (Fsp3) is 0.550. The van der Waals surface area contributed by atoms with Crippen LogP contribution in [-0.4, -0.2) is 35.7 Å². The van der Waals surface area contributed by atoms with E-state index in [2.05, 4.69) is 10.6 Å². The van der Waals surface area contributed by atoms with E-state index in [1.54, 1.807) is 34.6 Å². The molecule has 0 aliphatic heterocycles. The maximum atomic E-state index is 12.4. The summed E-state index contributed by atoms with van der Waals surface area (Å²) in [6, 6.07) is 7.62. The first-order valence-electron chi connectivity index (χ1n) is 9.00. The summed E-state index contributed by atoms with van der Waals surface area (Å²) in [7, 11) is 0. The minimum absolute atomic E-state index is 0.129. The number of carbonyl (C=O) groups is 3. The molecule has 0 bridgehead atoms. The van der Waals surface area contributed by atoms with Crippen LogP contribution in [0.4, 0.5) is 4.79 Å². The van der Waals surface area contributed by atoms with Gasteiger partial charge >= 0.3 is 12.1 Å². The van der Waals surface area contributed by atoms with Gasteiger partial charge in [0.2, 0.25) is 5.91 Å². The topological polar surface area (TPSA) is 93.7 Å². The van der Waals surface area contributed by atoms with Crippen LogP contribution in [0.5, 0.6) is 0 Å². The first-order chi connectivity index (χ1) is 12.5. The molecule has 0 fully saturated rings. The van der Waals surface area contributed by atoms with Crippen molar-refractivity contribution in [3.05, 3.63) is 35.9 Å². The Morgan fingerprint density at radius 2 is 1.59 bits per heavy atom. The first-order valence-corrected chi connectivity index (χ1v) is 9.00. The van der Waals surface area contributed by atoms with Crippen LogP contribution >= 0.6 is 0 Å².